The summed E-state index contributed by atoms with van der Waals surface area (Å²) >= 11 is 0. The second-order valence-corrected chi connectivity index (χ2v) is 7.31. The summed E-state index contributed by atoms with van der Waals surface area (Å²) in [7, 11) is 3.77. The van der Waals surface area contributed by atoms with Crippen molar-refractivity contribution in [2.24, 2.45) is 7.05 Å². The molecule has 0 saturated carbocycles. The van der Waals surface area contributed by atoms with Crippen LogP contribution in [0.2, 0.25) is 0 Å². The zero-order chi connectivity index (χ0) is 18.8. The largest absolute Gasteiger partial charge is 0.497 e. The van der Waals surface area contributed by atoms with E-state index in [4.69, 9.17) is 9.84 Å². The van der Waals surface area contributed by atoms with E-state index < -0.39 is 0 Å². The molecule has 1 aliphatic heterocycles. The summed E-state index contributed by atoms with van der Waals surface area (Å²) in [6.45, 7) is 4.21. The Morgan fingerprint density at radius 2 is 1.93 bits per heavy atom. The second kappa shape index (κ2) is 7.57. The second-order valence-electron chi connectivity index (χ2n) is 7.31. The minimum Gasteiger partial charge on any atom is -0.497 e. The summed E-state index contributed by atoms with van der Waals surface area (Å²) in [6.07, 6.45) is 2.41. The van der Waals surface area contributed by atoms with Crippen LogP contribution in [-0.4, -0.2) is 28.3 Å². The van der Waals surface area contributed by atoms with E-state index in [9.17, 15) is 0 Å². The quantitative estimate of drug-likeness (QED) is 0.657. The molecule has 0 aliphatic carbocycles. The summed E-state index contributed by atoms with van der Waals surface area (Å²) in [5, 5.41) is 4.82. The maximum Gasteiger partial charge on any atom is 0.119 e. The molecule has 1 saturated heterocycles. The number of rotatable bonds is 5. The van der Waals surface area contributed by atoms with Crippen LogP contribution in [-0.2, 0) is 13.6 Å². The SMILES string of the molecule is COc1cccc([C@H]2CCCN2Cc2c(-c3ccccc3)nn(C)c2C)c1. The predicted octanol–water partition coefficient (Wildman–Crippen LogP) is 4.74. The van der Waals surface area contributed by atoms with Crippen molar-refractivity contribution in [1.29, 1.82) is 0 Å². The Hall–Kier alpha value is -2.59. The average molecular weight is 361 g/mol. The van der Waals surface area contributed by atoms with Gasteiger partial charge in [-0.3, -0.25) is 9.58 Å². The molecule has 27 heavy (non-hydrogen) atoms. The van der Waals surface area contributed by atoms with Crippen molar-refractivity contribution >= 4 is 0 Å². The standard InChI is InChI=1S/C23H27N3O/c1-17-21(23(24-25(17)2)18-9-5-4-6-10-18)16-26-14-8-13-22(26)19-11-7-12-20(15-19)27-3/h4-7,9-12,15,22H,8,13-14,16H2,1-3H3/t22-/m1/s1. The number of methoxy groups -OCH3 is 1. The Morgan fingerprint density at radius 3 is 2.70 bits per heavy atom. The van der Waals surface area contributed by atoms with Crippen LogP contribution in [0.3, 0.4) is 0 Å². The maximum atomic E-state index is 5.44. The Bertz CT molecular complexity index is 917. The van der Waals surface area contributed by atoms with E-state index in [0.717, 1.165) is 24.5 Å². The van der Waals surface area contributed by atoms with Gasteiger partial charge >= 0.3 is 0 Å². The number of benzene rings is 2. The number of likely N-dealkylation sites (tertiary alicyclic amines) is 1. The molecular formula is C23H27N3O. The molecule has 1 atom stereocenters. The molecule has 0 N–H and O–H groups in total. The summed E-state index contributed by atoms with van der Waals surface area (Å²) in [6, 6.07) is 19.5. The fourth-order valence-corrected chi connectivity index (χ4v) is 4.11. The van der Waals surface area contributed by atoms with Crippen LogP contribution in [0.25, 0.3) is 11.3 Å². The van der Waals surface area contributed by atoms with Crippen LogP contribution in [0.5, 0.6) is 5.75 Å². The fourth-order valence-electron chi connectivity index (χ4n) is 4.11. The number of nitrogens with zero attached hydrogens (tertiary/aromatic N) is 3. The van der Waals surface area contributed by atoms with E-state index in [0.29, 0.717) is 6.04 Å². The van der Waals surface area contributed by atoms with Crippen molar-refractivity contribution in [3.63, 3.8) is 0 Å². The number of aryl methyl sites for hydroxylation is 1. The van der Waals surface area contributed by atoms with Gasteiger partial charge in [0.1, 0.15) is 5.75 Å². The van der Waals surface area contributed by atoms with Gasteiger partial charge in [-0.15, -0.1) is 0 Å². The molecule has 2 aromatic carbocycles. The van der Waals surface area contributed by atoms with Crippen LogP contribution >= 0.6 is 0 Å². The van der Waals surface area contributed by atoms with Crippen LogP contribution in [0.15, 0.2) is 54.6 Å². The third-order valence-electron chi connectivity index (χ3n) is 5.71. The van der Waals surface area contributed by atoms with Crippen molar-refractivity contribution in [3.05, 3.63) is 71.4 Å². The molecule has 1 aliphatic rings. The molecule has 0 bridgehead atoms. The third kappa shape index (κ3) is 3.50. The average Bonchev–Trinajstić information content (AvgIpc) is 3.29. The molecule has 0 unspecified atom stereocenters. The molecule has 0 radical (unpaired) electrons. The van der Waals surface area contributed by atoms with E-state index in [-0.39, 0.29) is 0 Å². The van der Waals surface area contributed by atoms with Crippen LogP contribution in [0, 0.1) is 6.92 Å². The fraction of sp³-hybridized carbons (Fsp3) is 0.348. The maximum absolute atomic E-state index is 5.44. The Balaban J connectivity index is 1.65. The van der Waals surface area contributed by atoms with Crippen molar-refractivity contribution < 1.29 is 4.74 Å². The van der Waals surface area contributed by atoms with Crippen LogP contribution < -0.4 is 4.74 Å². The van der Waals surface area contributed by atoms with Crippen molar-refractivity contribution in [2.45, 2.75) is 32.4 Å². The zero-order valence-corrected chi connectivity index (χ0v) is 16.4. The number of hydrogen-bond donors (Lipinski definition) is 0. The minimum absolute atomic E-state index is 0.434. The molecule has 4 heteroatoms. The highest BCUT2D eigenvalue weighted by atomic mass is 16.5. The van der Waals surface area contributed by atoms with Gasteiger partial charge in [0.15, 0.2) is 0 Å². The van der Waals surface area contributed by atoms with Crippen molar-refractivity contribution in [1.82, 2.24) is 14.7 Å². The Kier molecular flexibility index (Phi) is 4.99. The zero-order valence-electron chi connectivity index (χ0n) is 16.4. The van der Waals surface area contributed by atoms with Crippen LogP contribution in [0.1, 0.15) is 35.7 Å². The topological polar surface area (TPSA) is 30.3 Å². The summed E-state index contributed by atoms with van der Waals surface area (Å²) in [5.41, 5.74) is 6.21. The lowest BCUT2D eigenvalue weighted by Crippen LogP contribution is -2.23. The van der Waals surface area contributed by atoms with Gasteiger partial charge in [0.2, 0.25) is 0 Å². The molecule has 4 nitrogen and oxygen atoms in total. The summed E-state index contributed by atoms with van der Waals surface area (Å²) in [4.78, 5) is 2.59. The van der Waals surface area contributed by atoms with E-state index in [1.807, 2.05) is 17.8 Å². The van der Waals surface area contributed by atoms with E-state index >= 15 is 0 Å². The van der Waals surface area contributed by atoms with Gasteiger partial charge in [0, 0.05) is 36.5 Å². The first kappa shape index (κ1) is 17.8. The first-order valence-corrected chi connectivity index (χ1v) is 9.63. The normalized spacial score (nSPS) is 17.4. The highest BCUT2D eigenvalue weighted by Crippen LogP contribution is 2.36. The molecule has 1 fully saturated rings. The number of ether oxygens (including phenoxy) is 1. The smallest absolute Gasteiger partial charge is 0.119 e. The summed E-state index contributed by atoms with van der Waals surface area (Å²) in [5.74, 6) is 0.932. The van der Waals surface area contributed by atoms with Gasteiger partial charge in [-0.2, -0.15) is 5.10 Å². The number of aromatic nitrogens is 2. The Morgan fingerprint density at radius 1 is 1.11 bits per heavy atom. The first-order chi connectivity index (χ1) is 13.2. The highest BCUT2D eigenvalue weighted by Gasteiger charge is 2.28. The van der Waals surface area contributed by atoms with E-state index in [1.165, 1.54) is 35.2 Å². The Labute approximate surface area is 161 Å². The highest BCUT2D eigenvalue weighted by molar-refractivity contribution is 5.64. The van der Waals surface area contributed by atoms with Gasteiger partial charge in [-0.25, -0.2) is 0 Å². The molecular weight excluding hydrogens is 334 g/mol. The van der Waals surface area contributed by atoms with Gasteiger partial charge < -0.3 is 4.74 Å². The van der Waals surface area contributed by atoms with E-state index in [1.54, 1.807) is 7.11 Å². The lowest BCUT2D eigenvalue weighted by atomic mass is 10.0. The van der Waals surface area contributed by atoms with Gasteiger partial charge in [0.25, 0.3) is 0 Å². The molecule has 0 spiro atoms. The van der Waals surface area contributed by atoms with Gasteiger partial charge in [-0.1, -0.05) is 42.5 Å². The molecule has 4 rings (SSSR count). The predicted molar refractivity (Wildman–Crippen MR) is 109 cm³/mol. The lowest BCUT2D eigenvalue weighted by molar-refractivity contribution is 0.248. The molecule has 140 valence electrons. The lowest BCUT2D eigenvalue weighted by Gasteiger charge is -2.25. The number of hydrogen-bond acceptors (Lipinski definition) is 3. The first-order valence-electron chi connectivity index (χ1n) is 9.63. The molecule has 1 aromatic heterocycles. The van der Waals surface area contributed by atoms with Crippen LogP contribution in [0.4, 0.5) is 0 Å². The van der Waals surface area contributed by atoms with Gasteiger partial charge in [-0.05, 0) is 44.0 Å². The minimum atomic E-state index is 0.434. The van der Waals surface area contributed by atoms with Gasteiger partial charge in [0.05, 0.1) is 12.8 Å². The van der Waals surface area contributed by atoms with Crippen molar-refractivity contribution in [3.8, 4) is 17.0 Å². The molecule has 0 amide bonds. The van der Waals surface area contributed by atoms with E-state index in [2.05, 4.69) is 60.4 Å². The monoisotopic (exact) mass is 361 g/mol. The molecule has 2 heterocycles. The van der Waals surface area contributed by atoms with Crippen molar-refractivity contribution in [2.75, 3.05) is 13.7 Å². The molecule has 3 aromatic rings. The third-order valence-corrected chi connectivity index (χ3v) is 5.71. The summed E-state index contributed by atoms with van der Waals surface area (Å²) < 4.78 is 7.44.